The number of primary sulfonamides is 1. The summed E-state index contributed by atoms with van der Waals surface area (Å²) >= 11 is 7.16. The van der Waals surface area contributed by atoms with Crippen molar-refractivity contribution in [3.8, 4) is 0 Å². The minimum atomic E-state index is -4.27. The van der Waals surface area contributed by atoms with E-state index in [1.807, 2.05) is 0 Å². The molecular formula is C6H4ClF2IN2O2S. The van der Waals surface area contributed by atoms with Crippen LogP contribution in [0.3, 0.4) is 0 Å². The summed E-state index contributed by atoms with van der Waals surface area (Å²) in [6, 6.07) is 0.848. The zero-order valence-electron chi connectivity index (χ0n) is 6.92. The van der Waals surface area contributed by atoms with E-state index < -0.39 is 27.0 Å². The Morgan fingerprint density at radius 1 is 1.53 bits per heavy atom. The van der Waals surface area contributed by atoms with Crippen LogP contribution in [0, 0.1) is 3.70 Å². The van der Waals surface area contributed by atoms with Crippen molar-refractivity contribution in [2.75, 3.05) is 0 Å². The molecule has 9 heteroatoms. The maximum absolute atomic E-state index is 12.4. The van der Waals surface area contributed by atoms with Gasteiger partial charge in [-0.25, -0.2) is 27.3 Å². The van der Waals surface area contributed by atoms with Gasteiger partial charge in [0.2, 0.25) is 0 Å². The molecule has 84 valence electrons. The number of aromatic nitrogens is 1. The molecule has 0 saturated carbocycles. The van der Waals surface area contributed by atoms with E-state index in [1.165, 1.54) is 0 Å². The van der Waals surface area contributed by atoms with Gasteiger partial charge in [0.1, 0.15) is 3.70 Å². The molecule has 1 heterocycles. The van der Waals surface area contributed by atoms with Gasteiger partial charge in [-0.15, -0.1) is 0 Å². The van der Waals surface area contributed by atoms with Crippen LogP contribution in [0.1, 0.15) is 12.0 Å². The third-order valence-corrected chi connectivity index (χ3v) is 3.73. The highest BCUT2D eigenvalue weighted by molar-refractivity contribution is 14.1. The van der Waals surface area contributed by atoms with Gasteiger partial charge < -0.3 is 0 Å². The molecule has 0 atom stereocenters. The lowest BCUT2D eigenvalue weighted by Gasteiger charge is -2.07. The third kappa shape index (κ3) is 2.95. The van der Waals surface area contributed by atoms with Crippen LogP contribution in [0.15, 0.2) is 11.1 Å². The molecule has 0 radical (unpaired) electrons. The van der Waals surface area contributed by atoms with Crippen molar-refractivity contribution in [1.29, 1.82) is 0 Å². The molecule has 2 N–H and O–H groups in total. The summed E-state index contributed by atoms with van der Waals surface area (Å²) in [5.74, 6) is 0. The topological polar surface area (TPSA) is 73.1 Å². The fourth-order valence-corrected chi connectivity index (χ4v) is 2.26. The first-order valence-corrected chi connectivity index (χ1v) is 6.40. The van der Waals surface area contributed by atoms with E-state index in [0.717, 1.165) is 6.07 Å². The highest BCUT2D eigenvalue weighted by Gasteiger charge is 2.24. The number of sulfonamides is 1. The van der Waals surface area contributed by atoms with Gasteiger partial charge in [0.25, 0.3) is 16.4 Å². The molecule has 0 fully saturated rings. The molecule has 0 aliphatic heterocycles. The molecule has 0 amide bonds. The Kier molecular flexibility index (Phi) is 3.85. The number of rotatable bonds is 2. The molecule has 1 aromatic rings. The Morgan fingerprint density at radius 2 is 2.07 bits per heavy atom. The van der Waals surface area contributed by atoms with Gasteiger partial charge in [0, 0.05) is 0 Å². The summed E-state index contributed by atoms with van der Waals surface area (Å²) in [4.78, 5) is 3.43. The van der Waals surface area contributed by atoms with Crippen molar-refractivity contribution < 1.29 is 17.2 Å². The van der Waals surface area contributed by atoms with Crippen molar-refractivity contribution >= 4 is 44.2 Å². The van der Waals surface area contributed by atoms with Crippen LogP contribution in [-0.4, -0.2) is 13.4 Å². The summed E-state index contributed by atoms with van der Waals surface area (Å²) in [5, 5.41) is 3.86. The summed E-state index contributed by atoms with van der Waals surface area (Å²) in [6.45, 7) is 0. The molecule has 4 nitrogen and oxygen atoms in total. The fourth-order valence-electron chi connectivity index (χ4n) is 0.849. The lowest BCUT2D eigenvalue weighted by atomic mass is 10.3. The van der Waals surface area contributed by atoms with Crippen molar-refractivity contribution in [2.24, 2.45) is 5.14 Å². The van der Waals surface area contributed by atoms with Gasteiger partial charge in [-0.3, -0.25) is 0 Å². The predicted molar refractivity (Wildman–Crippen MR) is 58.3 cm³/mol. The largest absolute Gasteiger partial charge is 0.266 e. The normalized spacial score (nSPS) is 12.1. The maximum Gasteiger partial charge on any atom is 0.266 e. The summed E-state index contributed by atoms with van der Waals surface area (Å²) in [7, 11) is -4.27. The Labute approximate surface area is 103 Å². The van der Waals surface area contributed by atoms with Gasteiger partial charge in [0.05, 0.1) is 10.6 Å². The molecular weight excluding hydrogens is 364 g/mol. The first kappa shape index (κ1) is 13.0. The van der Waals surface area contributed by atoms with Gasteiger partial charge >= 0.3 is 0 Å². The van der Waals surface area contributed by atoms with Crippen LogP contribution >= 0.6 is 34.2 Å². The van der Waals surface area contributed by atoms with Gasteiger partial charge in [-0.1, -0.05) is 11.6 Å². The lowest BCUT2D eigenvalue weighted by molar-refractivity contribution is 0.147. The fraction of sp³-hybridized carbons (Fsp3) is 0.167. The second kappa shape index (κ2) is 4.44. The zero-order valence-corrected chi connectivity index (χ0v) is 10.6. The van der Waals surface area contributed by atoms with Crippen LogP contribution in [0.2, 0.25) is 5.02 Å². The van der Waals surface area contributed by atoms with Crippen LogP contribution in [0.25, 0.3) is 0 Å². The van der Waals surface area contributed by atoms with E-state index in [4.69, 9.17) is 16.7 Å². The van der Waals surface area contributed by atoms with E-state index in [1.54, 1.807) is 22.6 Å². The quantitative estimate of drug-likeness (QED) is 0.640. The van der Waals surface area contributed by atoms with Crippen LogP contribution in [0.5, 0.6) is 0 Å². The van der Waals surface area contributed by atoms with E-state index >= 15 is 0 Å². The van der Waals surface area contributed by atoms with E-state index in [0.29, 0.717) is 0 Å². The van der Waals surface area contributed by atoms with E-state index in [9.17, 15) is 17.2 Å². The van der Waals surface area contributed by atoms with Crippen LogP contribution < -0.4 is 5.14 Å². The van der Waals surface area contributed by atoms with Crippen molar-refractivity contribution in [3.05, 3.63) is 20.4 Å². The monoisotopic (exact) mass is 368 g/mol. The molecule has 0 aromatic carbocycles. The highest BCUT2D eigenvalue weighted by Crippen LogP contribution is 2.29. The first-order valence-electron chi connectivity index (χ1n) is 3.40. The first-order chi connectivity index (χ1) is 6.73. The number of hydrogen-bond donors (Lipinski definition) is 1. The van der Waals surface area contributed by atoms with Gasteiger partial charge in [-0.2, -0.15) is 0 Å². The van der Waals surface area contributed by atoms with E-state index in [-0.39, 0.29) is 8.72 Å². The SMILES string of the molecule is NS(=O)(=O)c1nc(I)c(Cl)cc1C(F)F. The molecule has 15 heavy (non-hydrogen) atoms. The Bertz CT molecular complexity index is 494. The minimum Gasteiger partial charge on any atom is -0.227 e. The number of halogens is 4. The molecule has 0 aliphatic carbocycles. The second-order valence-corrected chi connectivity index (χ2v) is 5.41. The zero-order chi connectivity index (χ0) is 11.8. The van der Waals surface area contributed by atoms with E-state index in [2.05, 4.69) is 4.98 Å². The van der Waals surface area contributed by atoms with Crippen LogP contribution in [-0.2, 0) is 10.0 Å². The van der Waals surface area contributed by atoms with Crippen molar-refractivity contribution in [2.45, 2.75) is 11.5 Å². The second-order valence-electron chi connectivity index (χ2n) is 2.50. The Morgan fingerprint density at radius 3 is 2.47 bits per heavy atom. The van der Waals surface area contributed by atoms with Crippen molar-refractivity contribution in [1.82, 2.24) is 4.98 Å². The molecule has 0 aliphatic rings. The molecule has 1 rings (SSSR count). The molecule has 1 aromatic heterocycles. The number of alkyl halides is 2. The lowest BCUT2D eigenvalue weighted by Crippen LogP contribution is -2.17. The molecule has 0 saturated heterocycles. The summed E-state index contributed by atoms with van der Waals surface area (Å²) in [6.07, 6.45) is -3.00. The Balaban J connectivity index is 3.56. The summed E-state index contributed by atoms with van der Waals surface area (Å²) in [5.41, 5.74) is -0.789. The molecule has 0 unspecified atom stereocenters. The maximum atomic E-state index is 12.4. The van der Waals surface area contributed by atoms with Crippen molar-refractivity contribution in [3.63, 3.8) is 0 Å². The van der Waals surface area contributed by atoms with Gasteiger partial charge in [0.15, 0.2) is 5.03 Å². The predicted octanol–water partition coefficient (Wildman–Crippen LogP) is 1.92. The Hall–Kier alpha value is -0.0600. The number of nitrogens with two attached hydrogens (primary N) is 1. The number of nitrogens with zero attached hydrogens (tertiary/aromatic N) is 1. The number of pyridine rings is 1. The average molecular weight is 369 g/mol. The smallest absolute Gasteiger partial charge is 0.227 e. The minimum absolute atomic E-state index is 0.0432. The third-order valence-electron chi connectivity index (χ3n) is 1.43. The summed E-state index contributed by atoms with van der Waals surface area (Å²) < 4.78 is 46.9. The number of hydrogen-bond acceptors (Lipinski definition) is 3. The average Bonchev–Trinajstić information content (AvgIpc) is 2.06. The van der Waals surface area contributed by atoms with Gasteiger partial charge in [-0.05, 0) is 28.7 Å². The standard InChI is InChI=1S/C6H4ClF2IN2O2S/c7-3-1-2(4(8)9)6(12-5(3)10)15(11,13)14/h1,4H,(H2,11,13,14). The van der Waals surface area contributed by atoms with Crippen LogP contribution in [0.4, 0.5) is 8.78 Å². The highest BCUT2D eigenvalue weighted by atomic mass is 127. The molecule has 0 bridgehead atoms. The molecule has 0 spiro atoms.